The number of hydrogen-bond acceptors (Lipinski definition) is 5. The number of thiocarbonyl (C=S) groups is 1. The highest BCUT2D eigenvalue weighted by molar-refractivity contribution is 7.80. The van der Waals surface area contributed by atoms with Gasteiger partial charge in [0.05, 0.1) is 5.52 Å². The van der Waals surface area contributed by atoms with E-state index in [4.69, 9.17) is 21.7 Å². The van der Waals surface area contributed by atoms with Gasteiger partial charge in [0.1, 0.15) is 0 Å². The number of nitrogens with one attached hydrogen (secondary N) is 2. The lowest BCUT2D eigenvalue weighted by Gasteiger charge is -2.04. The molecule has 0 saturated carbocycles. The molecule has 0 fully saturated rings. The van der Waals surface area contributed by atoms with E-state index in [2.05, 4.69) is 20.5 Å². The number of benzene rings is 2. The Morgan fingerprint density at radius 1 is 1.20 bits per heavy atom. The molecule has 0 atom stereocenters. The summed E-state index contributed by atoms with van der Waals surface area (Å²) in [7, 11) is 0. The van der Waals surface area contributed by atoms with Crippen molar-refractivity contribution in [1.29, 1.82) is 0 Å². The molecule has 25 heavy (non-hydrogen) atoms. The zero-order valence-corrected chi connectivity index (χ0v) is 13.8. The smallest absolute Gasteiger partial charge is 0.231 e. The van der Waals surface area contributed by atoms with Crippen LogP contribution in [0.15, 0.2) is 52.7 Å². The summed E-state index contributed by atoms with van der Waals surface area (Å²) < 4.78 is 10.6. The fraction of sp³-hybridized carbons (Fsp3) is 0.118. The Morgan fingerprint density at radius 2 is 2.04 bits per heavy atom. The molecule has 1 aromatic heterocycles. The van der Waals surface area contributed by atoms with E-state index in [9.17, 15) is 5.11 Å². The Bertz CT molecular complexity index is 983. The van der Waals surface area contributed by atoms with Gasteiger partial charge in [-0.2, -0.15) is 0 Å². The van der Waals surface area contributed by atoms with Crippen LogP contribution in [0.1, 0.15) is 5.56 Å². The Balaban J connectivity index is 1.43. The minimum Gasteiger partial charge on any atom is -0.493 e. The first-order valence-corrected chi connectivity index (χ1v) is 7.99. The van der Waals surface area contributed by atoms with Gasteiger partial charge in [-0.15, -0.1) is 10.2 Å². The van der Waals surface area contributed by atoms with Crippen LogP contribution >= 0.6 is 12.2 Å². The maximum absolute atomic E-state index is 9.95. The van der Waals surface area contributed by atoms with E-state index in [0.717, 1.165) is 28.0 Å². The third-order valence-electron chi connectivity index (χ3n) is 3.78. The topological polar surface area (TPSA) is 91.2 Å². The van der Waals surface area contributed by atoms with Crippen molar-refractivity contribution in [2.24, 2.45) is 10.2 Å². The van der Waals surface area contributed by atoms with Crippen molar-refractivity contribution in [3.05, 3.63) is 48.0 Å². The molecule has 0 amide bonds. The second-order valence-electron chi connectivity index (χ2n) is 5.41. The van der Waals surface area contributed by atoms with Gasteiger partial charge in [-0.05, 0) is 36.0 Å². The van der Waals surface area contributed by atoms with Gasteiger partial charge in [0.25, 0.3) is 0 Å². The van der Waals surface area contributed by atoms with E-state index < -0.39 is 0 Å². The molecule has 7 nitrogen and oxygen atoms in total. The van der Waals surface area contributed by atoms with Gasteiger partial charge in [-0.25, -0.2) is 0 Å². The monoisotopic (exact) mass is 354 g/mol. The SMILES string of the molecule is Oc1[nH]c2ccccc2c1N=NC(=S)NCc1ccc2c(c1)OCO2. The standard InChI is InChI=1S/C17H14N4O3S/c22-16-15(11-3-1-2-4-12(11)19-16)20-21-17(25)18-8-10-5-6-13-14(7-10)24-9-23-13/h1-7,19,22H,8-9H2,(H,18,25). The van der Waals surface area contributed by atoms with E-state index in [1.807, 2.05) is 42.5 Å². The van der Waals surface area contributed by atoms with Gasteiger partial charge in [-0.3, -0.25) is 0 Å². The summed E-state index contributed by atoms with van der Waals surface area (Å²) >= 11 is 5.17. The third kappa shape index (κ3) is 3.11. The first kappa shape index (κ1) is 15.4. The van der Waals surface area contributed by atoms with E-state index in [-0.39, 0.29) is 17.8 Å². The molecular formula is C17H14N4O3S. The third-order valence-corrected chi connectivity index (χ3v) is 4.01. The summed E-state index contributed by atoms with van der Waals surface area (Å²) in [6.07, 6.45) is 0. The van der Waals surface area contributed by atoms with E-state index in [0.29, 0.717) is 12.2 Å². The van der Waals surface area contributed by atoms with Gasteiger partial charge in [-0.1, -0.05) is 24.3 Å². The van der Waals surface area contributed by atoms with Gasteiger partial charge >= 0.3 is 0 Å². The molecule has 8 heteroatoms. The Labute approximate surface area is 148 Å². The molecule has 4 rings (SSSR count). The summed E-state index contributed by atoms with van der Waals surface area (Å²) in [5.41, 5.74) is 2.13. The zero-order chi connectivity index (χ0) is 17.2. The number of para-hydroxylation sites is 1. The second kappa shape index (κ2) is 6.40. The van der Waals surface area contributed by atoms with Gasteiger partial charge in [0.15, 0.2) is 17.2 Å². The van der Waals surface area contributed by atoms with Gasteiger partial charge < -0.3 is 24.9 Å². The van der Waals surface area contributed by atoms with Gasteiger partial charge in [0, 0.05) is 11.9 Å². The molecule has 0 bridgehead atoms. The molecular weight excluding hydrogens is 340 g/mol. The highest BCUT2D eigenvalue weighted by Gasteiger charge is 2.13. The predicted octanol–water partition coefficient (Wildman–Crippen LogP) is 3.76. The Kier molecular flexibility index (Phi) is 3.95. The van der Waals surface area contributed by atoms with Crippen molar-refractivity contribution >= 4 is 33.9 Å². The van der Waals surface area contributed by atoms with E-state index in [1.54, 1.807) is 0 Å². The number of azo groups is 1. The van der Waals surface area contributed by atoms with Gasteiger partial charge in [0.2, 0.25) is 17.8 Å². The summed E-state index contributed by atoms with van der Waals surface area (Å²) in [6.45, 7) is 0.724. The molecule has 1 aliphatic rings. The minimum absolute atomic E-state index is 0.0384. The largest absolute Gasteiger partial charge is 0.493 e. The van der Waals surface area contributed by atoms with Crippen LogP contribution in [0.3, 0.4) is 0 Å². The summed E-state index contributed by atoms with van der Waals surface area (Å²) in [4.78, 5) is 2.84. The second-order valence-corrected chi connectivity index (χ2v) is 5.80. The van der Waals surface area contributed by atoms with Crippen molar-refractivity contribution in [2.45, 2.75) is 6.54 Å². The maximum Gasteiger partial charge on any atom is 0.231 e. The molecule has 2 aromatic carbocycles. The van der Waals surface area contributed by atoms with Crippen molar-refractivity contribution < 1.29 is 14.6 Å². The summed E-state index contributed by atoms with van der Waals surface area (Å²) in [6, 6.07) is 13.1. The van der Waals surface area contributed by atoms with Crippen LogP contribution in [0.5, 0.6) is 17.4 Å². The molecule has 0 saturated heterocycles. The van der Waals surface area contributed by atoms with Crippen LogP contribution in [0.2, 0.25) is 0 Å². The fourth-order valence-corrected chi connectivity index (χ4v) is 2.69. The van der Waals surface area contributed by atoms with Crippen molar-refractivity contribution in [2.75, 3.05) is 6.79 Å². The van der Waals surface area contributed by atoms with Crippen LogP contribution in [0.4, 0.5) is 5.69 Å². The van der Waals surface area contributed by atoms with Crippen LogP contribution in [0.25, 0.3) is 10.9 Å². The first-order chi connectivity index (χ1) is 12.2. The lowest BCUT2D eigenvalue weighted by Crippen LogP contribution is -2.18. The van der Waals surface area contributed by atoms with Crippen LogP contribution in [-0.4, -0.2) is 22.0 Å². The highest BCUT2D eigenvalue weighted by Crippen LogP contribution is 2.35. The molecule has 1 aliphatic heterocycles. The quantitative estimate of drug-likeness (QED) is 0.492. The molecule has 2 heterocycles. The summed E-state index contributed by atoms with van der Waals surface area (Å²) in [5.74, 6) is 1.42. The Hall–Kier alpha value is -3.13. The van der Waals surface area contributed by atoms with E-state index in [1.165, 1.54) is 0 Å². The van der Waals surface area contributed by atoms with E-state index >= 15 is 0 Å². The number of nitrogens with zero attached hydrogens (tertiary/aromatic N) is 2. The number of ether oxygens (including phenoxy) is 2. The Morgan fingerprint density at radius 3 is 2.96 bits per heavy atom. The molecule has 126 valence electrons. The molecule has 0 unspecified atom stereocenters. The normalized spacial score (nSPS) is 12.8. The number of hydrogen-bond donors (Lipinski definition) is 3. The molecule has 0 radical (unpaired) electrons. The highest BCUT2D eigenvalue weighted by atomic mass is 32.1. The van der Waals surface area contributed by atoms with Crippen molar-refractivity contribution in [1.82, 2.24) is 10.3 Å². The number of aromatic hydroxyl groups is 1. The average molecular weight is 354 g/mol. The average Bonchev–Trinajstić information content (AvgIpc) is 3.21. The lowest BCUT2D eigenvalue weighted by atomic mass is 10.2. The van der Waals surface area contributed by atoms with Crippen LogP contribution in [-0.2, 0) is 6.54 Å². The number of rotatable bonds is 3. The number of aromatic amines is 1. The first-order valence-electron chi connectivity index (χ1n) is 7.58. The van der Waals surface area contributed by atoms with Crippen LogP contribution < -0.4 is 14.8 Å². The number of aromatic nitrogens is 1. The maximum atomic E-state index is 9.95. The lowest BCUT2D eigenvalue weighted by molar-refractivity contribution is 0.174. The molecule has 3 N–H and O–H groups in total. The molecule has 0 aliphatic carbocycles. The molecule has 0 spiro atoms. The predicted molar refractivity (Wildman–Crippen MR) is 96.5 cm³/mol. The van der Waals surface area contributed by atoms with Crippen LogP contribution in [0, 0.1) is 0 Å². The van der Waals surface area contributed by atoms with Crippen molar-refractivity contribution in [3.63, 3.8) is 0 Å². The summed E-state index contributed by atoms with van der Waals surface area (Å²) in [5, 5.41) is 22.0. The fourth-order valence-electron chi connectivity index (χ4n) is 2.57. The molecule has 3 aromatic rings. The number of fused-ring (bicyclic) bond motifs is 2. The number of H-pyrrole nitrogens is 1. The minimum atomic E-state index is -0.0384. The zero-order valence-electron chi connectivity index (χ0n) is 13.0. The van der Waals surface area contributed by atoms with Crippen molar-refractivity contribution in [3.8, 4) is 17.4 Å².